The van der Waals surface area contributed by atoms with E-state index in [-0.39, 0.29) is 30.1 Å². The first-order chi connectivity index (χ1) is 13.5. The fraction of sp³-hybridized carbons (Fsp3) is 0.318. The number of halogens is 1. The highest BCUT2D eigenvalue weighted by molar-refractivity contribution is 6.31. The molecule has 3 aromatic rings. The summed E-state index contributed by atoms with van der Waals surface area (Å²) in [7, 11) is 0. The van der Waals surface area contributed by atoms with Crippen molar-refractivity contribution < 1.29 is 4.79 Å². The van der Waals surface area contributed by atoms with Crippen LogP contribution < -0.4 is 5.56 Å². The number of aromatic nitrogens is 2. The Labute approximate surface area is 168 Å². The van der Waals surface area contributed by atoms with Crippen LogP contribution in [0.1, 0.15) is 37.1 Å². The minimum absolute atomic E-state index is 0.0736. The highest BCUT2D eigenvalue weighted by Crippen LogP contribution is 2.36. The quantitative estimate of drug-likeness (QED) is 0.653. The lowest BCUT2D eigenvalue weighted by molar-refractivity contribution is -0.135. The van der Waals surface area contributed by atoms with Gasteiger partial charge in [-0.2, -0.15) is 5.10 Å². The molecule has 0 N–H and O–H groups in total. The van der Waals surface area contributed by atoms with Gasteiger partial charge in [-0.05, 0) is 44.4 Å². The molecular formula is C22H22ClN3O2. The lowest BCUT2D eigenvalue weighted by atomic mass is 10.1. The summed E-state index contributed by atoms with van der Waals surface area (Å²) in [4.78, 5) is 27.9. The second-order valence-corrected chi connectivity index (χ2v) is 7.73. The topological polar surface area (TPSA) is 55.2 Å². The molecule has 0 radical (unpaired) electrons. The van der Waals surface area contributed by atoms with E-state index in [0.29, 0.717) is 10.4 Å². The van der Waals surface area contributed by atoms with Crippen LogP contribution in [0, 0.1) is 6.92 Å². The Morgan fingerprint density at radius 1 is 1.18 bits per heavy atom. The number of aryl methyl sites for hydroxylation is 1. The van der Waals surface area contributed by atoms with Gasteiger partial charge in [0.05, 0.1) is 17.1 Å². The van der Waals surface area contributed by atoms with Gasteiger partial charge in [0.2, 0.25) is 5.91 Å². The summed E-state index contributed by atoms with van der Waals surface area (Å²) in [6, 6.07) is 15.0. The van der Waals surface area contributed by atoms with Crippen LogP contribution in [0.3, 0.4) is 0 Å². The SMILES string of the molecule is Cc1nn(CC(=O)N(C2CC2)C(C)c2ccccc2Cl)c(=O)c2ccccc12. The Balaban J connectivity index is 1.67. The van der Waals surface area contributed by atoms with Crippen molar-refractivity contribution in [2.75, 3.05) is 0 Å². The van der Waals surface area contributed by atoms with Crippen LogP contribution in [0.2, 0.25) is 5.02 Å². The molecule has 0 aliphatic heterocycles. The number of hydrogen-bond donors (Lipinski definition) is 0. The molecule has 1 aromatic heterocycles. The van der Waals surface area contributed by atoms with E-state index in [1.54, 1.807) is 6.07 Å². The molecule has 1 atom stereocenters. The van der Waals surface area contributed by atoms with E-state index in [1.807, 2.05) is 61.2 Å². The summed E-state index contributed by atoms with van der Waals surface area (Å²) in [6.45, 7) is 3.77. The van der Waals surface area contributed by atoms with Gasteiger partial charge in [-0.15, -0.1) is 0 Å². The number of nitrogens with zero attached hydrogens (tertiary/aromatic N) is 3. The number of hydrogen-bond acceptors (Lipinski definition) is 3. The Morgan fingerprint density at radius 2 is 1.82 bits per heavy atom. The molecule has 1 aliphatic carbocycles. The van der Waals surface area contributed by atoms with E-state index in [1.165, 1.54) is 4.68 Å². The molecule has 2 aromatic carbocycles. The average Bonchev–Trinajstić information content (AvgIpc) is 3.51. The first kappa shape index (κ1) is 18.7. The van der Waals surface area contributed by atoms with Crippen LogP contribution in [-0.4, -0.2) is 26.6 Å². The maximum atomic E-state index is 13.2. The van der Waals surface area contributed by atoms with Crippen LogP contribution in [-0.2, 0) is 11.3 Å². The molecular weight excluding hydrogens is 374 g/mol. The third-order valence-corrected chi connectivity index (χ3v) is 5.68. The summed E-state index contributed by atoms with van der Waals surface area (Å²) in [5.74, 6) is -0.112. The van der Waals surface area contributed by atoms with E-state index < -0.39 is 0 Å². The van der Waals surface area contributed by atoms with E-state index in [0.717, 1.165) is 29.5 Å². The molecule has 6 heteroatoms. The van der Waals surface area contributed by atoms with E-state index in [2.05, 4.69) is 5.10 Å². The summed E-state index contributed by atoms with van der Waals surface area (Å²) in [5.41, 5.74) is 1.41. The van der Waals surface area contributed by atoms with Gasteiger partial charge in [-0.1, -0.05) is 48.0 Å². The molecule has 5 nitrogen and oxygen atoms in total. The molecule has 4 rings (SSSR count). The lowest BCUT2D eigenvalue weighted by Crippen LogP contribution is -2.40. The van der Waals surface area contributed by atoms with Crippen molar-refractivity contribution in [3.63, 3.8) is 0 Å². The second-order valence-electron chi connectivity index (χ2n) is 7.32. The first-order valence-corrected chi connectivity index (χ1v) is 9.87. The van der Waals surface area contributed by atoms with Gasteiger partial charge in [-0.3, -0.25) is 9.59 Å². The van der Waals surface area contributed by atoms with Crippen molar-refractivity contribution in [1.82, 2.24) is 14.7 Å². The fourth-order valence-corrected chi connectivity index (χ4v) is 4.07. The number of rotatable bonds is 5. The minimum Gasteiger partial charge on any atom is -0.331 e. The van der Waals surface area contributed by atoms with Gasteiger partial charge in [-0.25, -0.2) is 4.68 Å². The number of carbonyl (C=O) groups excluding carboxylic acids is 1. The maximum Gasteiger partial charge on any atom is 0.275 e. The third kappa shape index (κ3) is 3.42. The predicted octanol–water partition coefficient (Wildman–Crippen LogP) is 4.11. The van der Waals surface area contributed by atoms with Crippen molar-refractivity contribution in [1.29, 1.82) is 0 Å². The molecule has 144 valence electrons. The summed E-state index contributed by atoms with van der Waals surface area (Å²) < 4.78 is 1.29. The van der Waals surface area contributed by atoms with E-state index >= 15 is 0 Å². The van der Waals surface area contributed by atoms with Crippen molar-refractivity contribution >= 4 is 28.3 Å². The molecule has 1 saturated carbocycles. The fourth-order valence-electron chi connectivity index (χ4n) is 3.77. The van der Waals surface area contributed by atoms with Crippen molar-refractivity contribution in [3.05, 3.63) is 75.2 Å². The molecule has 0 spiro atoms. The van der Waals surface area contributed by atoms with Gasteiger partial charge >= 0.3 is 0 Å². The summed E-state index contributed by atoms with van der Waals surface area (Å²) in [6.07, 6.45) is 1.94. The Hall–Kier alpha value is -2.66. The zero-order valence-electron chi connectivity index (χ0n) is 15.9. The largest absolute Gasteiger partial charge is 0.331 e. The van der Waals surface area contributed by atoms with Crippen LogP contribution in [0.15, 0.2) is 53.3 Å². The van der Waals surface area contributed by atoms with Crippen LogP contribution >= 0.6 is 11.6 Å². The molecule has 0 saturated heterocycles. The smallest absolute Gasteiger partial charge is 0.275 e. The molecule has 1 aliphatic rings. The normalized spacial score (nSPS) is 14.8. The number of fused-ring (bicyclic) bond motifs is 1. The van der Waals surface area contributed by atoms with Crippen LogP contribution in [0.25, 0.3) is 10.8 Å². The van der Waals surface area contributed by atoms with Crippen molar-refractivity contribution in [2.45, 2.75) is 45.3 Å². The molecule has 28 heavy (non-hydrogen) atoms. The van der Waals surface area contributed by atoms with Crippen molar-refractivity contribution in [2.24, 2.45) is 0 Å². The number of carbonyl (C=O) groups is 1. The van der Waals surface area contributed by atoms with Gasteiger partial charge in [0.25, 0.3) is 5.56 Å². The Kier molecular flexibility index (Phi) is 4.94. The van der Waals surface area contributed by atoms with Gasteiger partial charge in [0.15, 0.2) is 0 Å². The molecule has 1 unspecified atom stereocenters. The van der Waals surface area contributed by atoms with Crippen LogP contribution in [0.5, 0.6) is 0 Å². The highest BCUT2D eigenvalue weighted by atomic mass is 35.5. The summed E-state index contributed by atoms with van der Waals surface area (Å²) >= 11 is 6.36. The minimum atomic E-state index is -0.240. The Bertz CT molecular complexity index is 1100. The number of benzene rings is 2. The number of amides is 1. The first-order valence-electron chi connectivity index (χ1n) is 9.49. The van der Waals surface area contributed by atoms with Crippen LogP contribution in [0.4, 0.5) is 0 Å². The zero-order chi connectivity index (χ0) is 19.8. The highest BCUT2D eigenvalue weighted by Gasteiger charge is 2.37. The molecule has 1 amide bonds. The van der Waals surface area contributed by atoms with E-state index in [9.17, 15) is 9.59 Å². The maximum absolute atomic E-state index is 13.2. The molecule has 1 fully saturated rings. The lowest BCUT2D eigenvalue weighted by Gasteiger charge is -2.30. The third-order valence-electron chi connectivity index (χ3n) is 5.34. The monoisotopic (exact) mass is 395 g/mol. The van der Waals surface area contributed by atoms with Gasteiger partial charge in [0.1, 0.15) is 6.54 Å². The second kappa shape index (κ2) is 7.40. The molecule has 0 bridgehead atoms. The predicted molar refractivity (Wildman–Crippen MR) is 110 cm³/mol. The van der Waals surface area contributed by atoms with Crippen molar-refractivity contribution in [3.8, 4) is 0 Å². The van der Waals surface area contributed by atoms with Gasteiger partial charge in [0, 0.05) is 16.5 Å². The summed E-state index contributed by atoms with van der Waals surface area (Å²) in [5, 5.41) is 6.43. The zero-order valence-corrected chi connectivity index (χ0v) is 16.7. The average molecular weight is 396 g/mol. The van der Waals surface area contributed by atoms with E-state index in [4.69, 9.17) is 11.6 Å². The molecule has 1 heterocycles. The standard InChI is InChI=1S/C22H22ClN3O2/c1-14-17-7-3-4-9-19(17)22(28)25(24-14)13-21(27)26(16-11-12-16)15(2)18-8-5-6-10-20(18)23/h3-10,15-16H,11-13H2,1-2H3. The van der Waals surface area contributed by atoms with Gasteiger partial charge < -0.3 is 4.90 Å². The Morgan fingerprint density at radius 3 is 2.50 bits per heavy atom.